The minimum absolute atomic E-state index is 0.129. The number of carbonyl (C=O) groups excluding carboxylic acids is 1. The van der Waals surface area contributed by atoms with Crippen molar-refractivity contribution in [2.24, 2.45) is 0 Å². The van der Waals surface area contributed by atoms with Crippen molar-refractivity contribution >= 4 is 17.2 Å². The molecular weight excluding hydrogens is 244 g/mol. The summed E-state index contributed by atoms with van der Waals surface area (Å²) in [6.07, 6.45) is 3.65. The molecule has 0 aliphatic heterocycles. The Labute approximate surface area is 110 Å². The maximum Gasteiger partial charge on any atom is 0.231 e. The lowest BCUT2D eigenvalue weighted by Gasteiger charge is -2.15. The third-order valence-electron chi connectivity index (χ3n) is 3.39. The standard InChI is InChI=1S/C14H14N2OS/c17-13(16-10-12-15-8-9-18-12)14(6-7-14)11-4-2-1-3-5-11/h1-5,8-9H,6-7,10H2,(H,16,17). The van der Waals surface area contributed by atoms with Crippen LogP contribution >= 0.6 is 11.3 Å². The van der Waals surface area contributed by atoms with E-state index >= 15 is 0 Å². The van der Waals surface area contributed by atoms with Gasteiger partial charge in [-0.2, -0.15) is 0 Å². The van der Waals surface area contributed by atoms with Gasteiger partial charge in [0.15, 0.2) is 0 Å². The lowest BCUT2D eigenvalue weighted by molar-refractivity contribution is -0.123. The Kier molecular flexibility index (Phi) is 2.88. The molecule has 1 fully saturated rings. The van der Waals surface area contributed by atoms with Gasteiger partial charge in [-0.05, 0) is 18.4 Å². The SMILES string of the molecule is O=C(NCc1nccs1)C1(c2ccccc2)CC1. The maximum atomic E-state index is 12.3. The Morgan fingerprint density at radius 2 is 2.11 bits per heavy atom. The second-order valence-electron chi connectivity index (χ2n) is 4.56. The van der Waals surface area contributed by atoms with Crippen molar-refractivity contribution < 1.29 is 4.79 Å². The van der Waals surface area contributed by atoms with Crippen LogP contribution in [0.5, 0.6) is 0 Å². The third-order valence-corrected chi connectivity index (χ3v) is 4.17. The van der Waals surface area contributed by atoms with Crippen molar-refractivity contribution in [2.45, 2.75) is 24.8 Å². The van der Waals surface area contributed by atoms with Gasteiger partial charge in [0, 0.05) is 11.6 Å². The highest BCUT2D eigenvalue weighted by Gasteiger charge is 2.50. The summed E-state index contributed by atoms with van der Waals surface area (Å²) in [4.78, 5) is 16.5. The Morgan fingerprint density at radius 3 is 2.72 bits per heavy atom. The molecule has 3 rings (SSSR count). The first-order valence-corrected chi connectivity index (χ1v) is 6.91. The predicted molar refractivity (Wildman–Crippen MR) is 71.3 cm³/mol. The summed E-state index contributed by atoms with van der Waals surface area (Å²) >= 11 is 1.57. The number of carbonyl (C=O) groups is 1. The molecule has 0 atom stereocenters. The van der Waals surface area contributed by atoms with Crippen molar-refractivity contribution in [3.05, 3.63) is 52.5 Å². The maximum absolute atomic E-state index is 12.3. The van der Waals surface area contributed by atoms with E-state index in [1.165, 1.54) is 0 Å². The Balaban J connectivity index is 1.69. The highest BCUT2D eigenvalue weighted by molar-refractivity contribution is 7.09. The van der Waals surface area contributed by atoms with E-state index in [0.29, 0.717) is 6.54 Å². The van der Waals surface area contributed by atoms with Crippen LogP contribution in [0.4, 0.5) is 0 Å². The van der Waals surface area contributed by atoms with E-state index in [1.54, 1.807) is 17.5 Å². The van der Waals surface area contributed by atoms with Gasteiger partial charge in [-0.3, -0.25) is 4.79 Å². The molecule has 1 heterocycles. The van der Waals surface area contributed by atoms with E-state index in [-0.39, 0.29) is 11.3 Å². The largest absolute Gasteiger partial charge is 0.349 e. The fourth-order valence-electron chi connectivity index (χ4n) is 2.19. The summed E-state index contributed by atoms with van der Waals surface area (Å²) in [7, 11) is 0. The fraction of sp³-hybridized carbons (Fsp3) is 0.286. The number of nitrogens with one attached hydrogen (secondary N) is 1. The van der Waals surface area contributed by atoms with Crippen LogP contribution in [0.3, 0.4) is 0 Å². The third kappa shape index (κ3) is 2.04. The van der Waals surface area contributed by atoms with E-state index in [1.807, 2.05) is 35.7 Å². The summed E-state index contributed by atoms with van der Waals surface area (Å²) in [5.41, 5.74) is 0.847. The Morgan fingerprint density at radius 1 is 1.33 bits per heavy atom. The van der Waals surface area contributed by atoms with Gasteiger partial charge in [-0.1, -0.05) is 30.3 Å². The summed E-state index contributed by atoms with van der Waals surface area (Å²) in [6.45, 7) is 0.533. The summed E-state index contributed by atoms with van der Waals surface area (Å²) in [5, 5.41) is 5.87. The molecule has 3 nitrogen and oxygen atoms in total. The Hall–Kier alpha value is -1.68. The number of thiazole rings is 1. The topological polar surface area (TPSA) is 42.0 Å². The van der Waals surface area contributed by atoms with Crippen LogP contribution in [0.1, 0.15) is 23.4 Å². The van der Waals surface area contributed by atoms with E-state index in [2.05, 4.69) is 10.3 Å². The summed E-state index contributed by atoms with van der Waals surface area (Å²) < 4.78 is 0. The first-order valence-electron chi connectivity index (χ1n) is 6.03. The number of hydrogen-bond acceptors (Lipinski definition) is 3. The van der Waals surface area contributed by atoms with Gasteiger partial charge in [0.2, 0.25) is 5.91 Å². The summed E-state index contributed by atoms with van der Waals surface area (Å²) in [6, 6.07) is 10.0. The number of rotatable bonds is 4. The van der Waals surface area contributed by atoms with Crippen molar-refractivity contribution in [1.29, 1.82) is 0 Å². The lowest BCUT2D eigenvalue weighted by Crippen LogP contribution is -2.34. The quantitative estimate of drug-likeness (QED) is 0.915. The fourth-order valence-corrected chi connectivity index (χ4v) is 2.75. The second-order valence-corrected chi connectivity index (χ2v) is 5.54. The van der Waals surface area contributed by atoms with Gasteiger partial charge in [0.1, 0.15) is 5.01 Å². The zero-order chi connectivity index (χ0) is 12.4. The molecule has 1 N–H and O–H groups in total. The molecule has 0 bridgehead atoms. The Bertz CT molecular complexity index is 532. The average molecular weight is 258 g/mol. The molecule has 18 heavy (non-hydrogen) atoms. The monoisotopic (exact) mass is 258 g/mol. The molecule has 4 heteroatoms. The van der Waals surface area contributed by atoms with Crippen molar-refractivity contribution in [1.82, 2.24) is 10.3 Å². The molecule has 1 aliphatic carbocycles. The average Bonchev–Trinajstić information content (AvgIpc) is 3.07. The van der Waals surface area contributed by atoms with Crippen molar-refractivity contribution in [2.75, 3.05) is 0 Å². The first-order chi connectivity index (χ1) is 8.81. The van der Waals surface area contributed by atoms with Crippen LogP contribution in [0.25, 0.3) is 0 Å². The summed E-state index contributed by atoms with van der Waals surface area (Å²) in [5.74, 6) is 0.129. The van der Waals surface area contributed by atoms with E-state index in [9.17, 15) is 4.79 Å². The minimum atomic E-state index is -0.279. The second kappa shape index (κ2) is 4.53. The molecule has 0 saturated heterocycles. The highest BCUT2D eigenvalue weighted by Crippen LogP contribution is 2.48. The van der Waals surface area contributed by atoms with Crippen LogP contribution in [0.2, 0.25) is 0 Å². The smallest absolute Gasteiger partial charge is 0.231 e. The molecule has 1 saturated carbocycles. The van der Waals surface area contributed by atoms with Gasteiger partial charge in [0.25, 0.3) is 0 Å². The van der Waals surface area contributed by atoms with Crippen LogP contribution in [-0.4, -0.2) is 10.9 Å². The van der Waals surface area contributed by atoms with Gasteiger partial charge < -0.3 is 5.32 Å². The zero-order valence-electron chi connectivity index (χ0n) is 9.93. The first kappa shape index (κ1) is 11.4. The highest BCUT2D eigenvalue weighted by atomic mass is 32.1. The number of aromatic nitrogens is 1. The lowest BCUT2D eigenvalue weighted by atomic mass is 9.95. The molecule has 1 aromatic heterocycles. The normalized spacial score (nSPS) is 16.2. The molecule has 1 aromatic carbocycles. The van der Waals surface area contributed by atoms with Crippen molar-refractivity contribution in [3.8, 4) is 0 Å². The molecule has 2 aromatic rings. The molecule has 1 aliphatic rings. The van der Waals surface area contributed by atoms with Gasteiger partial charge >= 0.3 is 0 Å². The number of amides is 1. The van der Waals surface area contributed by atoms with Gasteiger partial charge in [-0.15, -0.1) is 11.3 Å². The molecular formula is C14H14N2OS. The predicted octanol–water partition coefficient (Wildman–Crippen LogP) is 2.49. The number of nitrogens with zero attached hydrogens (tertiary/aromatic N) is 1. The van der Waals surface area contributed by atoms with Gasteiger partial charge in [0.05, 0.1) is 12.0 Å². The van der Waals surface area contributed by atoms with Crippen LogP contribution in [-0.2, 0) is 16.8 Å². The number of benzene rings is 1. The van der Waals surface area contributed by atoms with Crippen molar-refractivity contribution in [3.63, 3.8) is 0 Å². The van der Waals surface area contributed by atoms with Crippen LogP contribution in [0, 0.1) is 0 Å². The molecule has 0 spiro atoms. The van der Waals surface area contributed by atoms with Gasteiger partial charge in [-0.25, -0.2) is 4.98 Å². The van der Waals surface area contributed by atoms with E-state index in [4.69, 9.17) is 0 Å². The van der Waals surface area contributed by atoms with E-state index < -0.39 is 0 Å². The molecule has 0 radical (unpaired) electrons. The van der Waals surface area contributed by atoms with Crippen LogP contribution < -0.4 is 5.32 Å². The molecule has 1 amide bonds. The molecule has 0 unspecified atom stereocenters. The number of hydrogen-bond donors (Lipinski definition) is 1. The van der Waals surface area contributed by atoms with Crippen LogP contribution in [0.15, 0.2) is 41.9 Å². The molecule has 92 valence electrons. The zero-order valence-corrected chi connectivity index (χ0v) is 10.7. The minimum Gasteiger partial charge on any atom is -0.349 e. The van der Waals surface area contributed by atoms with E-state index in [0.717, 1.165) is 23.4 Å².